The predicted molar refractivity (Wildman–Crippen MR) is 131 cm³/mol. The summed E-state index contributed by atoms with van der Waals surface area (Å²) < 4.78 is 5.42. The van der Waals surface area contributed by atoms with Crippen LogP contribution in [0, 0.1) is 0 Å². The molecular formula is C22H38IN5O. The molecule has 0 saturated carbocycles. The van der Waals surface area contributed by atoms with Gasteiger partial charge in [-0.3, -0.25) is 14.8 Å². The summed E-state index contributed by atoms with van der Waals surface area (Å²) in [5.41, 5.74) is 1.37. The van der Waals surface area contributed by atoms with Crippen LogP contribution in [-0.2, 0) is 4.74 Å². The maximum absolute atomic E-state index is 5.42. The fourth-order valence-electron chi connectivity index (χ4n) is 4.01. The van der Waals surface area contributed by atoms with E-state index in [4.69, 9.17) is 9.73 Å². The summed E-state index contributed by atoms with van der Waals surface area (Å²) >= 11 is 0. The van der Waals surface area contributed by atoms with Gasteiger partial charge in [-0.2, -0.15) is 0 Å². The van der Waals surface area contributed by atoms with E-state index < -0.39 is 0 Å². The fourth-order valence-corrected chi connectivity index (χ4v) is 4.01. The van der Waals surface area contributed by atoms with Crippen molar-refractivity contribution in [1.29, 1.82) is 0 Å². The molecule has 0 bridgehead atoms. The van der Waals surface area contributed by atoms with Gasteiger partial charge in [0, 0.05) is 26.2 Å². The third-order valence-electron chi connectivity index (χ3n) is 5.58. The van der Waals surface area contributed by atoms with E-state index >= 15 is 0 Å². The second-order valence-electron chi connectivity index (χ2n) is 7.62. The molecule has 0 aliphatic carbocycles. The topological polar surface area (TPSA) is 52.1 Å². The van der Waals surface area contributed by atoms with Crippen LogP contribution in [0.5, 0.6) is 0 Å². The molecule has 0 radical (unpaired) electrons. The van der Waals surface area contributed by atoms with E-state index in [2.05, 4.69) is 57.7 Å². The molecule has 1 atom stereocenters. The molecular weight excluding hydrogens is 477 g/mol. The Bertz CT molecular complexity index is 574. The Labute approximate surface area is 193 Å². The average Bonchev–Trinajstić information content (AvgIpc) is 3.27. The lowest BCUT2D eigenvalue weighted by Gasteiger charge is -2.27. The normalized spacial score (nSPS) is 19.6. The van der Waals surface area contributed by atoms with Crippen molar-refractivity contribution in [2.24, 2.45) is 4.99 Å². The van der Waals surface area contributed by atoms with Crippen LogP contribution in [-0.4, -0.2) is 81.3 Å². The maximum Gasteiger partial charge on any atom is 0.191 e. The predicted octanol–water partition coefficient (Wildman–Crippen LogP) is 2.72. The molecule has 1 aromatic carbocycles. The van der Waals surface area contributed by atoms with Crippen molar-refractivity contribution in [2.45, 2.75) is 32.2 Å². The molecule has 29 heavy (non-hydrogen) atoms. The third-order valence-corrected chi connectivity index (χ3v) is 5.58. The van der Waals surface area contributed by atoms with Gasteiger partial charge >= 0.3 is 0 Å². The molecule has 2 heterocycles. The van der Waals surface area contributed by atoms with Gasteiger partial charge in [0.2, 0.25) is 0 Å². The largest absolute Gasteiger partial charge is 0.379 e. The highest BCUT2D eigenvalue weighted by molar-refractivity contribution is 14.0. The van der Waals surface area contributed by atoms with Crippen LogP contribution >= 0.6 is 24.0 Å². The van der Waals surface area contributed by atoms with Crippen molar-refractivity contribution in [3.05, 3.63) is 35.9 Å². The Balaban J connectivity index is 0.00000300. The number of rotatable bonds is 9. The monoisotopic (exact) mass is 515 g/mol. The van der Waals surface area contributed by atoms with Gasteiger partial charge in [0.1, 0.15) is 0 Å². The summed E-state index contributed by atoms with van der Waals surface area (Å²) in [6.45, 7) is 12.1. The van der Waals surface area contributed by atoms with Gasteiger partial charge < -0.3 is 15.4 Å². The minimum Gasteiger partial charge on any atom is -0.379 e. The Morgan fingerprint density at radius 1 is 1.07 bits per heavy atom. The van der Waals surface area contributed by atoms with Gasteiger partial charge in [0.05, 0.1) is 25.8 Å². The summed E-state index contributed by atoms with van der Waals surface area (Å²) in [6.07, 6.45) is 3.72. The first kappa shape index (κ1) is 24.4. The SMILES string of the molecule is CCNC(=NCC(c1ccccc1)N1CCCC1)NCCCN1CCOCC1.I. The lowest BCUT2D eigenvalue weighted by atomic mass is 10.1. The van der Waals surface area contributed by atoms with Crippen LogP contribution in [0.2, 0.25) is 0 Å². The minimum atomic E-state index is 0. The minimum absolute atomic E-state index is 0. The van der Waals surface area contributed by atoms with Gasteiger partial charge in [-0.05, 0) is 51.4 Å². The molecule has 7 heteroatoms. The first-order valence-electron chi connectivity index (χ1n) is 11.0. The van der Waals surface area contributed by atoms with E-state index in [1.807, 2.05) is 0 Å². The highest BCUT2D eigenvalue weighted by Gasteiger charge is 2.23. The number of hydrogen-bond acceptors (Lipinski definition) is 4. The molecule has 2 saturated heterocycles. The average molecular weight is 515 g/mol. The number of guanidine groups is 1. The van der Waals surface area contributed by atoms with Crippen molar-refractivity contribution in [3.63, 3.8) is 0 Å². The first-order chi connectivity index (χ1) is 13.9. The second kappa shape index (κ2) is 14.2. The zero-order valence-electron chi connectivity index (χ0n) is 17.8. The third kappa shape index (κ3) is 8.39. The first-order valence-corrected chi connectivity index (χ1v) is 11.0. The Kier molecular flexibility index (Phi) is 11.9. The lowest BCUT2D eigenvalue weighted by molar-refractivity contribution is 0.0376. The van der Waals surface area contributed by atoms with Crippen LogP contribution in [0.25, 0.3) is 0 Å². The smallest absolute Gasteiger partial charge is 0.191 e. The van der Waals surface area contributed by atoms with Crippen molar-refractivity contribution in [3.8, 4) is 0 Å². The summed E-state index contributed by atoms with van der Waals surface area (Å²) in [6, 6.07) is 11.2. The molecule has 0 amide bonds. The van der Waals surface area contributed by atoms with Gasteiger partial charge in [-0.25, -0.2) is 0 Å². The highest BCUT2D eigenvalue weighted by Crippen LogP contribution is 2.25. The molecule has 3 rings (SSSR count). The molecule has 1 unspecified atom stereocenters. The van der Waals surface area contributed by atoms with E-state index in [0.29, 0.717) is 6.04 Å². The van der Waals surface area contributed by atoms with Crippen LogP contribution in [0.4, 0.5) is 0 Å². The molecule has 2 N–H and O–H groups in total. The summed E-state index contributed by atoms with van der Waals surface area (Å²) in [5, 5.41) is 6.93. The van der Waals surface area contributed by atoms with E-state index in [1.165, 1.54) is 31.5 Å². The Hall–Kier alpha value is -0.900. The zero-order chi connectivity index (χ0) is 19.4. The quantitative estimate of drug-likeness (QED) is 0.229. The number of nitrogens with zero attached hydrogens (tertiary/aromatic N) is 3. The molecule has 0 aromatic heterocycles. The number of aliphatic imine (C=N–C) groups is 1. The van der Waals surface area contributed by atoms with Crippen molar-refractivity contribution in [1.82, 2.24) is 20.4 Å². The molecule has 0 spiro atoms. The number of hydrogen-bond donors (Lipinski definition) is 2. The number of halogens is 1. The maximum atomic E-state index is 5.42. The van der Waals surface area contributed by atoms with Crippen LogP contribution in [0.1, 0.15) is 37.8 Å². The summed E-state index contributed by atoms with van der Waals surface area (Å²) in [5.74, 6) is 0.935. The molecule has 2 fully saturated rings. The van der Waals surface area contributed by atoms with Gasteiger partial charge in [-0.15, -0.1) is 24.0 Å². The number of ether oxygens (including phenoxy) is 1. The van der Waals surface area contributed by atoms with Gasteiger partial charge in [0.15, 0.2) is 5.96 Å². The number of morpholine rings is 1. The molecule has 1 aromatic rings. The fraction of sp³-hybridized carbons (Fsp3) is 0.682. The van der Waals surface area contributed by atoms with E-state index in [0.717, 1.165) is 64.9 Å². The van der Waals surface area contributed by atoms with E-state index in [1.54, 1.807) is 0 Å². The summed E-state index contributed by atoms with van der Waals surface area (Å²) in [4.78, 5) is 10.0. The van der Waals surface area contributed by atoms with Crippen molar-refractivity contribution in [2.75, 3.05) is 65.6 Å². The number of likely N-dealkylation sites (tertiary alicyclic amines) is 1. The second-order valence-corrected chi connectivity index (χ2v) is 7.62. The van der Waals surface area contributed by atoms with Gasteiger partial charge in [0.25, 0.3) is 0 Å². The molecule has 164 valence electrons. The van der Waals surface area contributed by atoms with Gasteiger partial charge in [-0.1, -0.05) is 30.3 Å². The molecule has 6 nitrogen and oxygen atoms in total. The van der Waals surface area contributed by atoms with Crippen molar-refractivity contribution >= 4 is 29.9 Å². The van der Waals surface area contributed by atoms with Crippen LogP contribution < -0.4 is 10.6 Å². The van der Waals surface area contributed by atoms with E-state index in [9.17, 15) is 0 Å². The Morgan fingerprint density at radius 3 is 2.48 bits per heavy atom. The molecule has 2 aliphatic rings. The number of benzene rings is 1. The number of nitrogens with one attached hydrogen (secondary N) is 2. The molecule has 2 aliphatic heterocycles. The van der Waals surface area contributed by atoms with E-state index in [-0.39, 0.29) is 24.0 Å². The van der Waals surface area contributed by atoms with Crippen molar-refractivity contribution < 1.29 is 4.74 Å². The van der Waals surface area contributed by atoms with Crippen LogP contribution in [0.3, 0.4) is 0 Å². The highest BCUT2D eigenvalue weighted by atomic mass is 127. The zero-order valence-corrected chi connectivity index (χ0v) is 20.1. The Morgan fingerprint density at radius 2 is 1.79 bits per heavy atom. The van der Waals surface area contributed by atoms with Crippen LogP contribution in [0.15, 0.2) is 35.3 Å². The lowest BCUT2D eigenvalue weighted by Crippen LogP contribution is -2.41. The summed E-state index contributed by atoms with van der Waals surface area (Å²) in [7, 11) is 0. The standard InChI is InChI=1S/C22H37N5O.HI/c1-2-23-22(24-11-8-12-26-15-17-28-18-16-26)25-19-21(27-13-6-7-14-27)20-9-4-3-5-10-20;/h3-5,9-10,21H,2,6-8,11-19H2,1H3,(H2,23,24,25);1H.